The Labute approximate surface area is 169 Å². The molecule has 2 aliphatic rings. The van der Waals surface area contributed by atoms with Crippen molar-refractivity contribution >= 4 is 22.6 Å². The van der Waals surface area contributed by atoms with E-state index in [2.05, 4.69) is 10.3 Å². The fraction of sp³-hybridized carbons (Fsp3) is 0.292. The first-order valence-electron chi connectivity index (χ1n) is 10.1. The molecular weight excluding hydrogens is 364 g/mol. The normalized spacial score (nSPS) is 23.4. The van der Waals surface area contributed by atoms with Gasteiger partial charge in [0.25, 0.3) is 5.91 Å². The van der Waals surface area contributed by atoms with E-state index in [1.807, 2.05) is 54.6 Å². The van der Waals surface area contributed by atoms with Gasteiger partial charge in [-0.1, -0.05) is 36.4 Å². The van der Waals surface area contributed by atoms with Gasteiger partial charge in [0.2, 0.25) is 0 Å². The molecule has 1 aliphatic heterocycles. The molecule has 5 rings (SSSR count). The van der Waals surface area contributed by atoms with Crippen molar-refractivity contribution in [1.82, 2.24) is 10.3 Å². The number of benzene rings is 2. The number of nitrogens with one attached hydrogen (secondary N) is 1. The Hall–Kier alpha value is -3.21. The minimum atomic E-state index is -0.437. The van der Waals surface area contributed by atoms with E-state index in [1.54, 1.807) is 6.07 Å². The first-order valence-corrected chi connectivity index (χ1v) is 10.1. The maximum atomic E-state index is 12.7. The predicted molar refractivity (Wildman–Crippen MR) is 110 cm³/mol. The summed E-state index contributed by atoms with van der Waals surface area (Å²) in [5.41, 5.74) is 1.49. The molecule has 1 aromatic heterocycles. The molecule has 29 heavy (non-hydrogen) atoms. The zero-order chi connectivity index (χ0) is 19.8. The number of amides is 1. The van der Waals surface area contributed by atoms with E-state index in [0.717, 1.165) is 36.6 Å². The highest BCUT2D eigenvalue weighted by molar-refractivity contribution is 6.00. The number of ketones is 1. The van der Waals surface area contributed by atoms with Crippen LogP contribution >= 0.6 is 0 Å². The molecule has 1 aliphatic carbocycles. The summed E-state index contributed by atoms with van der Waals surface area (Å²) in [6.07, 6.45) is 3.49. The maximum Gasteiger partial charge on any atom is 0.270 e. The Bertz CT molecular complexity index is 1100. The molecule has 0 atom stereocenters. The van der Waals surface area contributed by atoms with Crippen molar-refractivity contribution in [2.75, 3.05) is 0 Å². The van der Waals surface area contributed by atoms with E-state index in [1.165, 1.54) is 0 Å². The van der Waals surface area contributed by atoms with Crippen LogP contribution in [-0.4, -0.2) is 28.3 Å². The molecule has 2 aromatic carbocycles. The van der Waals surface area contributed by atoms with Crippen molar-refractivity contribution in [1.29, 1.82) is 0 Å². The summed E-state index contributed by atoms with van der Waals surface area (Å²) in [7, 11) is 0. The van der Waals surface area contributed by atoms with Gasteiger partial charge in [-0.25, -0.2) is 4.98 Å². The second kappa shape index (κ2) is 6.99. The van der Waals surface area contributed by atoms with Gasteiger partial charge in [-0.3, -0.25) is 9.59 Å². The van der Waals surface area contributed by atoms with Gasteiger partial charge in [0.15, 0.2) is 5.78 Å². The predicted octanol–water partition coefficient (Wildman–Crippen LogP) is 4.31. The number of fused-ring (bicyclic) bond motifs is 2. The van der Waals surface area contributed by atoms with Crippen LogP contribution in [0.15, 0.2) is 60.7 Å². The number of carbonyl (C=O) groups excluding carboxylic acids is 2. The number of nitrogens with zero attached hydrogens (tertiary/aromatic N) is 1. The lowest BCUT2D eigenvalue weighted by Gasteiger charge is -2.42. The standard InChI is InChI=1S/C24H22N2O3/c27-21-15-24(29-22-8-4-2-6-18(21)22)13-11-17(12-14-24)25-23(28)20-10-9-16-5-1-3-7-19(16)26-20/h1-10,17H,11-15H2,(H,25,28). The van der Waals surface area contributed by atoms with Gasteiger partial charge < -0.3 is 10.1 Å². The highest BCUT2D eigenvalue weighted by Crippen LogP contribution is 2.41. The fourth-order valence-corrected chi connectivity index (χ4v) is 4.46. The number of Topliss-reactive ketones (excluding diaryl/α,β-unsaturated/α-hetero) is 1. The van der Waals surface area contributed by atoms with Gasteiger partial charge in [-0.15, -0.1) is 0 Å². The van der Waals surface area contributed by atoms with Crippen LogP contribution in [0.4, 0.5) is 0 Å². The Kier molecular flexibility index (Phi) is 4.31. The topological polar surface area (TPSA) is 68.3 Å². The van der Waals surface area contributed by atoms with Crippen molar-refractivity contribution in [3.63, 3.8) is 0 Å². The molecule has 1 N–H and O–H groups in total. The van der Waals surface area contributed by atoms with Crippen LogP contribution in [-0.2, 0) is 0 Å². The van der Waals surface area contributed by atoms with Gasteiger partial charge >= 0.3 is 0 Å². The molecule has 2 heterocycles. The van der Waals surface area contributed by atoms with Crippen LogP contribution in [0.5, 0.6) is 5.75 Å². The van der Waals surface area contributed by atoms with Crippen LogP contribution < -0.4 is 10.1 Å². The van der Waals surface area contributed by atoms with Crippen LogP contribution in [0.3, 0.4) is 0 Å². The van der Waals surface area contributed by atoms with Crippen LogP contribution in [0, 0.1) is 0 Å². The minimum absolute atomic E-state index is 0.0669. The number of hydrogen-bond acceptors (Lipinski definition) is 4. The first kappa shape index (κ1) is 17.9. The van der Waals surface area contributed by atoms with Gasteiger partial charge in [-0.05, 0) is 49.9 Å². The van der Waals surface area contributed by atoms with E-state index < -0.39 is 5.60 Å². The zero-order valence-corrected chi connectivity index (χ0v) is 16.1. The van der Waals surface area contributed by atoms with Crippen molar-refractivity contribution in [3.8, 4) is 5.75 Å². The van der Waals surface area contributed by atoms with Gasteiger partial charge in [0, 0.05) is 11.4 Å². The molecule has 1 amide bonds. The molecular formula is C24H22N2O3. The van der Waals surface area contributed by atoms with Gasteiger partial charge in [-0.2, -0.15) is 0 Å². The summed E-state index contributed by atoms with van der Waals surface area (Å²) < 4.78 is 6.27. The number of ether oxygens (including phenoxy) is 1. The SMILES string of the molecule is O=C(NC1CCC2(CC1)CC(=O)c1ccccc1O2)c1ccc2ccccc2n1. The number of aromatic nitrogens is 1. The highest BCUT2D eigenvalue weighted by Gasteiger charge is 2.43. The van der Waals surface area contributed by atoms with E-state index >= 15 is 0 Å². The molecule has 1 spiro atoms. The number of pyridine rings is 1. The minimum Gasteiger partial charge on any atom is -0.486 e. The smallest absolute Gasteiger partial charge is 0.270 e. The number of para-hydroxylation sites is 2. The molecule has 1 fully saturated rings. The van der Waals surface area contributed by atoms with Crippen LogP contribution in [0.1, 0.15) is 53.0 Å². The molecule has 0 saturated heterocycles. The Morgan fingerprint density at radius 2 is 1.76 bits per heavy atom. The lowest BCUT2D eigenvalue weighted by Crippen LogP contribution is -2.49. The number of hydrogen-bond donors (Lipinski definition) is 1. The second-order valence-electron chi connectivity index (χ2n) is 8.02. The zero-order valence-electron chi connectivity index (χ0n) is 16.1. The van der Waals surface area contributed by atoms with E-state index in [4.69, 9.17) is 4.74 Å². The maximum absolute atomic E-state index is 12.7. The third kappa shape index (κ3) is 3.37. The molecule has 0 radical (unpaired) electrons. The Morgan fingerprint density at radius 1 is 1.00 bits per heavy atom. The lowest BCUT2D eigenvalue weighted by molar-refractivity contribution is 0.00702. The van der Waals surface area contributed by atoms with Crippen molar-refractivity contribution < 1.29 is 14.3 Å². The number of carbonyl (C=O) groups is 2. The summed E-state index contributed by atoms with van der Waals surface area (Å²) in [5.74, 6) is 0.684. The van der Waals surface area contributed by atoms with Gasteiger partial charge in [0.05, 0.1) is 17.5 Å². The average Bonchev–Trinajstić information content (AvgIpc) is 2.75. The molecule has 0 unspecified atom stereocenters. The summed E-state index contributed by atoms with van der Waals surface area (Å²) in [6.45, 7) is 0. The lowest BCUT2D eigenvalue weighted by atomic mass is 9.76. The summed E-state index contributed by atoms with van der Waals surface area (Å²) in [4.78, 5) is 29.7. The Balaban J connectivity index is 1.25. The number of rotatable bonds is 2. The molecule has 146 valence electrons. The third-order valence-electron chi connectivity index (χ3n) is 6.06. The highest BCUT2D eigenvalue weighted by atomic mass is 16.5. The molecule has 5 nitrogen and oxygen atoms in total. The molecule has 1 saturated carbocycles. The van der Waals surface area contributed by atoms with Gasteiger partial charge in [0.1, 0.15) is 17.0 Å². The van der Waals surface area contributed by atoms with Crippen molar-refractivity contribution in [3.05, 3.63) is 71.9 Å². The van der Waals surface area contributed by atoms with Crippen LogP contribution in [0.2, 0.25) is 0 Å². The summed E-state index contributed by atoms with van der Waals surface area (Å²) >= 11 is 0. The fourth-order valence-electron chi connectivity index (χ4n) is 4.46. The summed E-state index contributed by atoms with van der Waals surface area (Å²) in [6, 6.07) is 19.0. The third-order valence-corrected chi connectivity index (χ3v) is 6.06. The Morgan fingerprint density at radius 3 is 2.62 bits per heavy atom. The second-order valence-corrected chi connectivity index (χ2v) is 8.02. The monoisotopic (exact) mass is 386 g/mol. The quantitative estimate of drug-likeness (QED) is 0.713. The van der Waals surface area contributed by atoms with Crippen LogP contribution in [0.25, 0.3) is 10.9 Å². The largest absolute Gasteiger partial charge is 0.486 e. The van der Waals surface area contributed by atoms with E-state index in [-0.39, 0.29) is 17.7 Å². The van der Waals surface area contributed by atoms with E-state index in [9.17, 15) is 9.59 Å². The van der Waals surface area contributed by atoms with E-state index in [0.29, 0.717) is 23.4 Å². The summed E-state index contributed by atoms with van der Waals surface area (Å²) in [5, 5.41) is 4.13. The molecule has 0 bridgehead atoms. The molecule has 3 aromatic rings. The first-order chi connectivity index (χ1) is 14.1. The van der Waals surface area contributed by atoms with Crippen molar-refractivity contribution in [2.45, 2.75) is 43.7 Å². The molecule has 5 heteroatoms. The van der Waals surface area contributed by atoms with Crippen molar-refractivity contribution in [2.24, 2.45) is 0 Å². The average molecular weight is 386 g/mol.